The number of aromatic nitrogens is 5. The molecule has 3 heterocycles. The first-order valence-electron chi connectivity index (χ1n) is 9.36. The summed E-state index contributed by atoms with van der Waals surface area (Å²) in [6.07, 6.45) is 3.86. The highest BCUT2D eigenvalue weighted by molar-refractivity contribution is 7.07. The molecule has 9 nitrogen and oxygen atoms in total. The molecule has 146 valence electrons. The highest BCUT2D eigenvalue weighted by Crippen LogP contribution is 2.37. The molecular weight excluding hydrogens is 368 g/mol. The fourth-order valence-electron chi connectivity index (χ4n) is 3.66. The Hall–Kier alpha value is -2.07. The molecule has 2 aromatic heterocycles. The standard InChI is InChI=1S/C17H24N6O3S/c1-11-14(27-20-18-11)16(24)21-7-3-4-12(10-21)15-19-22(8-9-26-2)17(25)23(15)13-5-6-13/h12-13H,3-10H2,1-2H3. The van der Waals surface area contributed by atoms with Crippen molar-refractivity contribution in [2.24, 2.45) is 0 Å². The molecule has 10 heteroatoms. The lowest BCUT2D eigenvalue weighted by Gasteiger charge is -2.32. The topological polar surface area (TPSA) is 95.1 Å². The summed E-state index contributed by atoms with van der Waals surface area (Å²) >= 11 is 1.14. The van der Waals surface area contributed by atoms with Gasteiger partial charge in [0.2, 0.25) is 0 Å². The number of amides is 1. The van der Waals surface area contributed by atoms with E-state index in [4.69, 9.17) is 4.74 Å². The highest BCUT2D eigenvalue weighted by Gasteiger charge is 2.35. The summed E-state index contributed by atoms with van der Waals surface area (Å²) in [7, 11) is 1.62. The van der Waals surface area contributed by atoms with E-state index in [9.17, 15) is 9.59 Å². The minimum absolute atomic E-state index is 0.0219. The molecule has 0 aromatic carbocycles. The Kier molecular flexibility index (Phi) is 5.09. The minimum Gasteiger partial charge on any atom is -0.383 e. The van der Waals surface area contributed by atoms with Crippen molar-refractivity contribution < 1.29 is 9.53 Å². The van der Waals surface area contributed by atoms with E-state index in [0.29, 0.717) is 36.8 Å². The van der Waals surface area contributed by atoms with Crippen LogP contribution in [0.15, 0.2) is 4.79 Å². The lowest BCUT2D eigenvalue weighted by molar-refractivity contribution is 0.0707. The van der Waals surface area contributed by atoms with Crippen LogP contribution in [0.4, 0.5) is 0 Å². The Labute approximate surface area is 161 Å². The second-order valence-electron chi connectivity index (χ2n) is 7.24. The van der Waals surface area contributed by atoms with Crippen LogP contribution in [-0.4, -0.2) is 61.5 Å². The zero-order valence-electron chi connectivity index (χ0n) is 15.6. The first-order valence-corrected chi connectivity index (χ1v) is 10.1. The summed E-state index contributed by atoms with van der Waals surface area (Å²) in [5.41, 5.74) is 0.612. The highest BCUT2D eigenvalue weighted by atomic mass is 32.1. The number of nitrogens with zero attached hydrogens (tertiary/aromatic N) is 6. The molecule has 27 heavy (non-hydrogen) atoms. The average Bonchev–Trinajstić information content (AvgIpc) is 3.34. The first-order chi connectivity index (χ1) is 13.1. The molecule has 2 aliphatic rings. The number of hydrogen-bond donors (Lipinski definition) is 0. The fraction of sp³-hybridized carbons (Fsp3) is 0.706. The fourth-order valence-corrected chi connectivity index (χ4v) is 4.28. The molecule has 2 fully saturated rings. The van der Waals surface area contributed by atoms with Crippen LogP contribution in [0.25, 0.3) is 0 Å². The number of methoxy groups -OCH3 is 1. The van der Waals surface area contributed by atoms with Crippen LogP contribution in [0.3, 0.4) is 0 Å². The van der Waals surface area contributed by atoms with Crippen molar-refractivity contribution in [2.45, 2.75) is 51.1 Å². The van der Waals surface area contributed by atoms with Gasteiger partial charge in [0.25, 0.3) is 5.91 Å². The molecule has 1 amide bonds. The van der Waals surface area contributed by atoms with E-state index in [1.54, 1.807) is 14.0 Å². The Balaban J connectivity index is 1.58. The second-order valence-corrected chi connectivity index (χ2v) is 7.99. The Morgan fingerprint density at radius 2 is 2.15 bits per heavy atom. The van der Waals surface area contributed by atoms with Gasteiger partial charge in [0.05, 0.1) is 18.8 Å². The quantitative estimate of drug-likeness (QED) is 0.733. The van der Waals surface area contributed by atoms with Gasteiger partial charge in [-0.3, -0.25) is 9.36 Å². The van der Waals surface area contributed by atoms with Gasteiger partial charge in [0.15, 0.2) is 0 Å². The Morgan fingerprint density at radius 1 is 1.33 bits per heavy atom. The third kappa shape index (κ3) is 3.55. The van der Waals surface area contributed by atoms with Crippen molar-refractivity contribution >= 4 is 17.4 Å². The monoisotopic (exact) mass is 392 g/mol. The van der Waals surface area contributed by atoms with Crippen molar-refractivity contribution in [3.8, 4) is 0 Å². The smallest absolute Gasteiger partial charge is 0.346 e. The van der Waals surface area contributed by atoms with Crippen molar-refractivity contribution in [2.75, 3.05) is 26.8 Å². The van der Waals surface area contributed by atoms with Crippen LogP contribution in [0.5, 0.6) is 0 Å². The van der Waals surface area contributed by atoms with Gasteiger partial charge in [-0.1, -0.05) is 4.49 Å². The summed E-state index contributed by atoms with van der Waals surface area (Å²) in [6.45, 7) is 3.99. The van der Waals surface area contributed by atoms with E-state index in [1.165, 1.54) is 4.68 Å². The molecule has 2 aromatic rings. The molecule has 1 aliphatic carbocycles. The number of rotatable bonds is 6. The molecule has 1 aliphatic heterocycles. The van der Waals surface area contributed by atoms with E-state index < -0.39 is 0 Å². The van der Waals surface area contributed by atoms with Gasteiger partial charge in [-0.2, -0.15) is 5.10 Å². The molecule has 0 N–H and O–H groups in total. The summed E-state index contributed by atoms with van der Waals surface area (Å²) in [4.78, 5) is 28.1. The lowest BCUT2D eigenvalue weighted by atomic mass is 9.97. The Morgan fingerprint density at radius 3 is 2.81 bits per heavy atom. The number of hydrogen-bond acceptors (Lipinski definition) is 7. The van der Waals surface area contributed by atoms with Crippen LogP contribution in [0.2, 0.25) is 0 Å². The largest absolute Gasteiger partial charge is 0.383 e. The van der Waals surface area contributed by atoms with E-state index in [2.05, 4.69) is 14.7 Å². The van der Waals surface area contributed by atoms with Crippen LogP contribution in [-0.2, 0) is 11.3 Å². The Bertz CT molecular complexity index is 884. The molecule has 1 unspecified atom stereocenters. The van der Waals surface area contributed by atoms with Gasteiger partial charge >= 0.3 is 5.69 Å². The van der Waals surface area contributed by atoms with Crippen molar-refractivity contribution in [3.05, 3.63) is 26.9 Å². The average molecular weight is 392 g/mol. The van der Waals surface area contributed by atoms with Gasteiger partial charge in [0, 0.05) is 32.2 Å². The van der Waals surface area contributed by atoms with Gasteiger partial charge in [-0.05, 0) is 44.1 Å². The third-order valence-corrected chi connectivity index (χ3v) is 6.05. The maximum absolute atomic E-state index is 12.8. The van der Waals surface area contributed by atoms with Gasteiger partial charge in [-0.15, -0.1) is 5.10 Å². The van der Waals surface area contributed by atoms with E-state index in [1.807, 2.05) is 9.47 Å². The van der Waals surface area contributed by atoms with Crippen LogP contribution < -0.4 is 5.69 Å². The number of piperidine rings is 1. The van der Waals surface area contributed by atoms with Crippen LogP contribution in [0.1, 0.15) is 58.8 Å². The summed E-state index contributed by atoms with van der Waals surface area (Å²) in [5.74, 6) is 0.863. The molecular formula is C17H24N6O3S. The number of carbonyl (C=O) groups is 1. The molecule has 0 bridgehead atoms. The summed E-state index contributed by atoms with van der Waals surface area (Å²) in [6, 6.07) is 0.253. The lowest BCUT2D eigenvalue weighted by Crippen LogP contribution is -2.40. The van der Waals surface area contributed by atoms with E-state index in [0.717, 1.165) is 43.0 Å². The van der Waals surface area contributed by atoms with Gasteiger partial charge in [-0.25, -0.2) is 9.48 Å². The zero-order valence-corrected chi connectivity index (χ0v) is 16.4. The van der Waals surface area contributed by atoms with Gasteiger partial charge < -0.3 is 9.64 Å². The van der Waals surface area contributed by atoms with Crippen LogP contribution >= 0.6 is 11.5 Å². The summed E-state index contributed by atoms with van der Waals surface area (Å²) in [5, 5.41) is 8.58. The van der Waals surface area contributed by atoms with Gasteiger partial charge in [0.1, 0.15) is 10.7 Å². The molecule has 0 radical (unpaired) electrons. The number of likely N-dealkylation sites (tertiary alicyclic amines) is 1. The van der Waals surface area contributed by atoms with Crippen molar-refractivity contribution in [3.63, 3.8) is 0 Å². The van der Waals surface area contributed by atoms with Crippen molar-refractivity contribution in [1.82, 2.24) is 28.8 Å². The zero-order chi connectivity index (χ0) is 19.0. The maximum Gasteiger partial charge on any atom is 0.346 e. The maximum atomic E-state index is 12.8. The van der Waals surface area contributed by atoms with E-state index >= 15 is 0 Å². The summed E-state index contributed by atoms with van der Waals surface area (Å²) < 4.78 is 12.3. The second kappa shape index (κ2) is 7.51. The first kappa shape index (κ1) is 18.3. The third-order valence-electron chi connectivity index (χ3n) is 5.24. The SMILES string of the molecule is COCCn1nc(C2CCCN(C(=O)c3snnc3C)C2)n(C2CC2)c1=O. The molecule has 1 atom stereocenters. The number of carbonyl (C=O) groups excluding carboxylic acids is 1. The molecule has 0 spiro atoms. The molecule has 1 saturated carbocycles. The van der Waals surface area contributed by atoms with E-state index in [-0.39, 0.29) is 23.6 Å². The predicted octanol–water partition coefficient (Wildman–Crippen LogP) is 1.21. The number of ether oxygens (including phenoxy) is 1. The van der Waals surface area contributed by atoms with Crippen LogP contribution in [0, 0.1) is 6.92 Å². The number of aryl methyl sites for hydroxylation is 1. The molecule has 4 rings (SSSR count). The predicted molar refractivity (Wildman–Crippen MR) is 99.2 cm³/mol. The minimum atomic E-state index is -0.0597. The van der Waals surface area contributed by atoms with Crippen molar-refractivity contribution in [1.29, 1.82) is 0 Å². The normalized spacial score (nSPS) is 20.2. The molecule has 1 saturated heterocycles.